The number of hydrogen-bond acceptors (Lipinski definition) is 4. The van der Waals surface area contributed by atoms with E-state index in [2.05, 4.69) is 20.5 Å². The van der Waals surface area contributed by atoms with Crippen LogP contribution in [-0.4, -0.2) is 34.2 Å². The number of rotatable bonds is 3. The van der Waals surface area contributed by atoms with Crippen molar-refractivity contribution >= 4 is 29.1 Å². The molecule has 2 aromatic rings. The Morgan fingerprint density at radius 1 is 1.24 bits per heavy atom. The van der Waals surface area contributed by atoms with E-state index in [1.807, 2.05) is 26.8 Å². The minimum absolute atomic E-state index is 0.0473. The summed E-state index contributed by atoms with van der Waals surface area (Å²) in [6.45, 7) is 7.08. The summed E-state index contributed by atoms with van der Waals surface area (Å²) in [6.07, 6.45) is -2.62. The predicted octanol–water partition coefficient (Wildman–Crippen LogP) is 4.63. The quantitative estimate of drug-likeness (QED) is 0.746. The van der Waals surface area contributed by atoms with Crippen molar-refractivity contribution in [1.82, 2.24) is 15.2 Å². The fourth-order valence-electron chi connectivity index (χ4n) is 3.17. The average molecular weight is 430 g/mol. The summed E-state index contributed by atoms with van der Waals surface area (Å²) in [5.74, 6) is 0.452. The van der Waals surface area contributed by atoms with E-state index >= 15 is 0 Å². The second-order valence-corrected chi connectivity index (χ2v) is 8.60. The van der Waals surface area contributed by atoms with Gasteiger partial charge in [-0.05, 0) is 18.9 Å². The van der Waals surface area contributed by atoms with Gasteiger partial charge in [0.1, 0.15) is 5.82 Å². The molecule has 0 atom stereocenters. The van der Waals surface area contributed by atoms with E-state index in [4.69, 9.17) is 11.6 Å². The topological polar surface area (TPSA) is 73.9 Å². The van der Waals surface area contributed by atoms with Gasteiger partial charge in [0.05, 0.1) is 10.6 Å². The first kappa shape index (κ1) is 21.4. The van der Waals surface area contributed by atoms with E-state index in [9.17, 15) is 18.0 Å². The van der Waals surface area contributed by atoms with Gasteiger partial charge in [0, 0.05) is 42.4 Å². The molecule has 1 aliphatic rings. The number of alkyl halides is 3. The van der Waals surface area contributed by atoms with Crippen molar-refractivity contribution in [3.8, 4) is 0 Å². The molecule has 0 spiro atoms. The van der Waals surface area contributed by atoms with Crippen molar-refractivity contribution in [2.24, 2.45) is 5.92 Å². The van der Waals surface area contributed by atoms with Crippen molar-refractivity contribution in [3.05, 3.63) is 34.6 Å². The molecule has 6 nitrogen and oxygen atoms in total. The number of pyridine rings is 1. The Labute approximate surface area is 171 Å². The number of anilines is 2. The number of amides is 1. The van der Waals surface area contributed by atoms with Crippen LogP contribution in [0.2, 0.25) is 5.02 Å². The van der Waals surface area contributed by atoms with E-state index in [-0.39, 0.29) is 22.3 Å². The Bertz CT molecular complexity index is 883. The lowest BCUT2D eigenvalue weighted by Crippen LogP contribution is -2.38. The lowest BCUT2D eigenvalue weighted by molar-refractivity contribution is -0.137. The highest BCUT2D eigenvalue weighted by molar-refractivity contribution is 6.33. The molecule has 1 saturated heterocycles. The van der Waals surface area contributed by atoms with Gasteiger partial charge >= 0.3 is 6.18 Å². The van der Waals surface area contributed by atoms with Crippen LogP contribution in [-0.2, 0) is 16.4 Å². The highest BCUT2D eigenvalue weighted by Gasteiger charge is 2.33. The number of nitrogens with one attached hydrogen (secondary N) is 2. The monoisotopic (exact) mass is 429 g/mol. The molecule has 0 aromatic carbocycles. The van der Waals surface area contributed by atoms with Crippen LogP contribution in [0.15, 0.2) is 18.3 Å². The van der Waals surface area contributed by atoms with Crippen LogP contribution in [0.25, 0.3) is 0 Å². The molecule has 0 saturated carbocycles. The number of piperidine rings is 1. The molecular formula is C19H23ClF3N5O. The van der Waals surface area contributed by atoms with Crippen LogP contribution < -0.4 is 10.2 Å². The molecule has 0 unspecified atom stereocenters. The van der Waals surface area contributed by atoms with E-state index in [0.717, 1.165) is 18.0 Å². The van der Waals surface area contributed by atoms with Crippen LogP contribution in [0.5, 0.6) is 0 Å². The zero-order valence-electron chi connectivity index (χ0n) is 16.4. The minimum Gasteiger partial charge on any atom is -0.355 e. The molecule has 2 aromatic heterocycles. The zero-order valence-corrected chi connectivity index (χ0v) is 17.2. The largest absolute Gasteiger partial charge is 0.417 e. The number of nitrogens with zero attached hydrogens (tertiary/aromatic N) is 3. The van der Waals surface area contributed by atoms with Crippen molar-refractivity contribution < 1.29 is 18.0 Å². The molecule has 1 aliphatic heterocycles. The first-order valence-electron chi connectivity index (χ1n) is 9.29. The summed E-state index contributed by atoms with van der Waals surface area (Å²) < 4.78 is 38.3. The number of halogens is 4. The lowest BCUT2D eigenvalue weighted by atomic mass is 9.92. The van der Waals surface area contributed by atoms with E-state index in [1.54, 1.807) is 4.90 Å². The van der Waals surface area contributed by atoms with Crippen LogP contribution in [0.1, 0.15) is 44.9 Å². The maximum Gasteiger partial charge on any atom is 0.417 e. The van der Waals surface area contributed by atoms with Gasteiger partial charge in [-0.2, -0.15) is 18.3 Å². The molecular weight excluding hydrogens is 407 g/mol. The lowest BCUT2D eigenvalue weighted by Gasteiger charge is -2.32. The molecule has 3 heterocycles. The van der Waals surface area contributed by atoms with E-state index in [0.29, 0.717) is 37.6 Å². The van der Waals surface area contributed by atoms with E-state index < -0.39 is 11.7 Å². The normalized spacial score (nSPS) is 16.2. The molecule has 0 aliphatic carbocycles. The average Bonchev–Trinajstić information content (AvgIpc) is 3.10. The van der Waals surface area contributed by atoms with Gasteiger partial charge in [0.25, 0.3) is 0 Å². The van der Waals surface area contributed by atoms with Crippen molar-refractivity contribution in [3.63, 3.8) is 0 Å². The molecule has 0 bridgehead atoms. The first-order chi connectivity index (χ1) is 13.4. The Balaban J connectivity index is 1.59. The summed E-state index contributed by atoms with van der Waals surface area (Å²) in [4.78, 5) is 18.2. The molecule has 1 fully saturated rings. The van der Waals surface area contributed by atoms with Crippen LogP contribution in [0.3, 0.4) is 0 Å². The standard InChI is InChI=1S/C19H23ClF3N5O/c1-18(2,3)14-9-15(27-26-14)25-17(29)11-4-6-28(7-5-11)16-13(20)8-12(10-24-16)19(21,22)23/h8-11H,4-7H2,1-3H3,(H2,25,26,27,29). The Kier molecular flexibility index (Phi) is 5.80. The number of hydrogen-bond donors (Lipinski definition) is 2. The zero-order chi connectivity index (χ0) is 21.4. The smallest absolute Gasteiger partial charge is 0.355 e. The number of H-pyrrole nitrogens is 1. The summed E-state index contributed by atoms with van der Waals surface area (Å²) in [5.41, 5.74) is -0.0605. The fourth-order valence-corrected chi connectivity index (χ4v) is 3.46. The minimum atomic E-state index is -4.49. The highest BCUT2D eigenvalue weighted by atomic mass is 35.5. The third-order valence-electron chi connectivity index (χ3n) is 4.95. The molecule has 158 valence electrons. The van der Waals surface area contributed by atoms with Crippen LogP contribution in [0, 0.1) is 5.92 Å². The SMILES string of the molecule is CC(C)(C)c1cc(NC(=O)C2CCN(c3ncc(C(F)(F)F)cc3Cl)CC2)n[nH]1. The molecule has 2 N–H and O–H groups in total. The Morgan fingerprint density at radius 3 is 2.41 bits per heavy atom. The summed E-state index contributed by atoms with van der Waals surface area (Å²) >= 11 is 6.02. The van der Waals surface area contributed by atoms with Crippen LogP contribution in [0.4, 0.5) is 24.8 Å². The number of carbonyl (C=O) groups is 1. The molecule has 0 radical (unpaired) electrons. The number of aromatic nitrogens is 3. The Morgan fingerprint density at radius 2 is 1.90 bits per heavy atom. The van der Waals surface area contributed by atoms with Crippen molar-refractivity contribution in [1.29, 1.82) is 0 Å². The van der Waals surface area contributed by atoms with Gasteiger partial charge in [0.15, 0.2) is 5.82 Å². The highest BCUT2D eigenvalue weighted by Crippen LogP contribution is 2.34. The summed E-state index contributed by atoms with van der Waals surface area (Å²) in [7, 11) is 0. The van der Waals surface area contributed by atoms with E-state index in [1.165, 1.54) is 0 Å². The number of carbonyl (C=O) groups excluding carboxylic acids is 1. The predicted molar refractivity (Wildman–Crippen MR) is 105 cm³/mol. The van der Waals surface area contributed by atoms with Gasteiger partial charge in [-0.25, -0.2) is 4.98 Å². The summed E-state index contributed by atoms with van der Waals surface area (Å²) in [5, 5.41) is 9.84. The second kappa shape index (κ2) is 7.85. The van der Waals surface area contributed by atoms with Crippen molar-refractivity contribution in [2.45, 2.75) is 45.2 Å². The second-order valence-electron chi connectivity index (χ2n) is 8.19. The molecule has 29 heavy (non-hydrogen) atoms. The van der Waals surface area contributed by atoms with Crippen molar-refractivity contribution in [2.75, 3.05) is 23.3 Å². The van der Waals surface area contributed by atoms with Gasteiger partial charge in [-0.15, -0.1) is 0 Å². The number of aromatic amines is 1. The van der Waals surface area contributed by atoms with Gasteiger partial charge in [0.2, 0.25) is 5.91 Å². The van der Waals surface area contributed by atoms with Gasteiger partial charge in [-0.3, -0.25) is 9.89 Å². The third kappa shape index (κ3) is 5.01. The fraction of sp³-hybridized carbons (Fsp3) is 0.526. The summed E-state index contributed by atoms with van der Waals surface area (Å²) in [6, 6.07) is 2.70. The van der Waals surface area contributed by atoms with Gasteiger partial charge < -0.3 is 10.2 Å². The van der Waals surface area contributed by atoms with Gasteiger partial charge in [-0.1, -0.05) is 32.4 Å². The Hall–Kier alpha value is -2.29. The molecule has 3 rings (SSSR count). The maximum atomic E-state index is 12.8. The maximum absolute atomic E-state index is 12.8. The first-order valence-corrected chi connectivity index (χ1v) is 9.67. The third-order valence-corrected chi connectivity index (χ3v) is 5.23. The molecule has 10 heteroatoms. The molecule has 1 amide bonds. The van der Waals surface area contributed by atoms with Crippen LogP contribution >= 0.6 is 11.6 Å².